The molecule has 44 valence electrons. The number of rotatable bonds is 1. The summed E-state index contributed by atoms with van der Waals surface area (Å²) in [7, 11) is 0. The van der Waals surface area contributed by atoms with Crippen LogP contribution in [0.25, 0.3) is 0 Å². The maximum absolute atomic E-state index is 10.1. The van der Waals surface area contributed by atoms with Gasteiger partial charge in [0.2, 0.25) is 0 Å². The number of nitrogens with zero attached hydrogens (tertiary/aromatic N) is 2. The van der Waals surface area contributed by atoms with Crippen molar-refractivity contribution in [1.82, 2.24) is 4.57 Å². The van der Waals surface area contributed by atoms with E-state index in [0.29, 0.717) is 12.0 Å². The first-order valence-electron chi connectivity index (χ1n) is 2.41. The molecule has 3 heteroatoms. The van der Waals surface area contributed by atoms with E-state index in [2.05, 4.69) is 0 Å². The third-order valence-electron chi connectivity index (χ3n) is 1.01. The van der Waals surface area contributed by atoms with E-state index < -0.39 is 0 Å². The minimum atomic E-state index is 0.387. The van der Waals surface area contributed by atoms with Gasteiger partial charge in [0.05, 0.1) is 5.69 Å². The topological polar surface area (TPSA) is 45.8 Å². The Labute approximate surface area is 52.1 Å². The molecule has 0 N–H and O–H groups in total. The molecule has 0 fully saturated rings. The van der Waals surface area contributed by atoms with Crippen LogP contribution in [0, 0.1) is 11.5 Å². The molecule has 1 aromatic rings. The van der Waals surface area contributed by atoms with Gasteiger partial charge in [-0.05, 0) is 12.1 Å². The highest BCUT2D eigenvalue weighted by molar-refractivity contribution is 5.72. The maximum Gasteiger partial charge on any atom is 0.188 e. The Morgan fingerprint density at radius 3 is 3.00 bits per heavy atom. The molecule has 1 heterocycles. The molecular formula is C6H4N2O. The summed E-state index contributed by atoms with van der Waals surface area (Å²) in [5.74, 6) is 0. The van der Waals surface area contributed by atoms with Gasteiger partial charge in [-0.1, -0.05) is 0 Å². The van der Waals surface area contributed by atoms with Crippen LogP contribution in [0.15, 0.2) is 18.3 Å². The van der Waals surface area contributed by atoms with Crippen molar-refractivity contribution in [3.8, 4) is 6.19 Å². The zero-order chi connectivity index (χ0) is 6.69. The van der Waals surface area contributed by atoms with Crippen LogP contribution in [0.1, 0.15) is 10.5 Å². The van der Waals surface area contributed by atoms with E-state index in [4.69, 9.17) is 5.26 Å². The zero-order valence-corrected chi connectivity index (χ0v) is 4.61. The number of nitriles is 1. The third kappa shape index (κ3) is 0.820. The Hall–Kier alpha value is -1.56. The molecule has 0 spiro atoms. The maximum atomic E-state index is 10.1. The largest absolute Gasteiger partial charge is 0.296 e. The second-order valence-corrected chi connectivity index (χ2v) is 1.52. The summed E-state index contributed by atoms with van der Waals surface area (Å²) < 4.78 is 1.20. The molecule has 9 heavy (non-hydrogen) atoms. The molecule has 0 bridgehead atoms. The Morgan fingerprint density at radius 2 is 2.56 bits per heavy atom. The molecular weight excluding hydrogens is 116 g/mol. The lowest BCUT2D eigenvalue weighted by atomic mass is 10.5. The van der Waals surface area contributed by atoms with Crippen molar-refractivity contribution < 1.29 is 4.79 Å². The first kappa shape index (κ1) is 5.57. The molecule has 0 saturated carbocycles. The average molecular weight is 120 g/mol. The molecule has 0 aliphatic carbocycles. The van der Waals surface area contributed by atoms with Crippen molar-refractivity contribution in [2.24, 2.45) is 0 Å². The highest BCUT2D eigenvalue weighted by atomic mass is 16.1. The van der Waals surface area contributed by atoms with E-state index >= 15 is 0 Å². The average Bonchev–Trinajstić information content (AvgIpc) is 2.33. The van der Waals surface area contributed by atoms with Gasteiger partial charge in [-0.3, -0.25) is 9.36 Å². The number of aromatic nitrogens is 1. The SMILES string of the molecule is N#Cn1cccc1C=O. The van der Waals surface area contributed by atoms with Gasteiger partial charge >= 0.3 is 0 Å². The molecule has 0 aromatic carbocycles. The highest BCUT2D eigenvalue weighted by Crippen LogP contribution is 1.94. The van der Waals surface area contributed by atoms with Crippen molar-refractivity contribution in [2.45, 2.75) is 0 Å². The number of carbonyl (C=O) groups excluding carboxylic acids is 1. The molecule has 1 aromatic heterocycles. The predicted molar refractivity (Wildman–Crippen MR) is 30.8 cm³/mol. The van der Waals surface area contributed by atoms with Crippen LogP contribution in [0.4, 0.5) is 0 Å². The summed E-state index contributed by atoms with van der Waals surface area (Å²) in [6.07, 6.45) is 3.99. The number of carbonyl (C=O) groups is 1. The summed E-state index contributed by atoms with van der Waals surface area (Å²) in [4.78, 5) is 10.1. The lowest BCUT2D eigenvalue weighted by Crippen LogP contribution is -1.90. The number of aldehydes is 1. The predicted octanol–water partition coefficient (Wildman–Crippen LogP) is 0.630. The van der Waals surface area contributed by atoms with Gasteiger partial charge in [-0.25, -0.2) is 0 Å². The van der Waals surface area contributed by atoms with Gasteiger partial charge in [0.15, 0.2) is 12.5 Å². The fourth-order valence-electron chi connectivity index (χ4n) is 0.581. The molecule has 0 radical (unpaired) electrons. The summed E-state index contributed by atoms with van der Waals surface area (Å²) in [5, 5.41) is 8.29. The van der Waals surface area contributed by atoms with Gasteiger partial charge in [0.1, 0.15) is 0 Å². The van der Waals surface area contributed by atoms with E-state index in [-0.39, 0.29) is 0 Å². The van der Waals surface area contributed by atoms with E-state index in [0.717, 1.165) is 0 Å². The first-order valence-corrected chi connectivity index (χ1v) is 2.41. The molecule has 0 unspecified atom stereocenters. The lowest BCUT2D eigenvalue weighted by molar-refractivity contribution is 0.111. The second kappa shape index (κ2) is 2.14. The van der Waals surface area contributed by atoms with E-state index in [1.165, 1.54) is 10.8 Å². The fraction of sp³-hybridized carbons (Fsp3) is 0. The number of hydrogen-bond donors (Lipinski definition) is 0. The molecule has 0 amide bonds. The summed E-state index contributed by atoms with van der Waals surface area (Å²) in [5.41, 5.74) is 0.387. The van der Waals surface area contributed by atoms with Gasteiger partial charge in [-0.15, -0.1) is 0 Å². The van der Waals surface area contributed by atoms with E-state index in [1.54, 1.807) is 12.1 Å². The smallest absolute Gasteiger partial charge is 0.188 e. The summed E-state index contributed by atoms with van der Waals surface area (Å²) in [6.45, 7) is 0. The monoisotopic (exact) mass is 120 g/mol. The Kier molecular flexibility index (Phi) is 1.32. The van der Waals surface area contributed by atoms with Crippen LogP contribution in [-0.2, 0) is 0 Å². The normalized spacial score (nSPS) is 8.33. The molecule has 0 atom stereocenters. The second-order valence-electron chi connectivity index (χ2n) is 1.52. The van der Waals surface area contributed by atoms with Crippen molar-refractivity contribution in [3.05, 3.63) is 24.0 Å². The molecule has 1 rings (SSSR count). The molecule has 0 aliphatic heterocycles. The van der Waals surface area contributed by atoms with Gasteiger partial charge in [-0.2, -0.15) is 5.26 Å². The van der Waals surface area contributed by atoms with Crippen LogP contribution < -0.4 is 0 Å². The zero-order valence-electron chi connectivity index (χ0n) is 4.61. The van der Waals surface area contributed by atoms with Crippen molar-refractivity contribution in [3.63, 3.8) is 0 Å². The van der Waals surface area contributed by atoms with Crippen LogP contribution in [0.5, 0.6) is 0 Å². The van der Waals surface area contributed by atoms with Crippen LogP contribution >= 0.6 is 0 Å². The van der Waals surface area contributed by atoms with Crippen molar-refractivity contribution >= 4 is 6.29 Å². The Balaban J connectivity index is 3.17. The van der Waals surface area contributed by atoms with Crippen molar-refractivity contribution in [1.29, 1.82) is 5.26 Å². The molecule has 0 saturated heterocycles. The first-order chi connectivity index (χ1) is 4.38. The van der Waals surface area contributed by atoms with Crippen molar-refractivity contribution in [2.75, 3.05) is 0 Å². The summed E-state index contributed by atoms with van der Waals surface area (Å²) in [6, 6.07) is 3.23. The third-order valence-corrected chi connectivity index (χ3v) is 1.01. The van der Waals surface area contributed by atoms with E-state index in [9.17, 15) is 4.79 Å². The van der Waals surface area contributed by atoms with Crippen LogP contribution in [0.2, 0.25) is 0 Å². The fourth-order valence-corrected chi connectivity index (χ4v) is 0.581. The number of hydrogen-bond acceptors (Lipinski definition) is 2. The van der Waals surface area contributed by atoms with Gasteiger partial charge in [0.25, 0.3) is 0 Å². The molecule has 3 nitrogen and oxygen atoms in total. The van der Waals surface area contributed by atoms with E-state index in [1.807, 2.05) is 6.19 Å². The minimum absolute atomic E-state index is 0.387. The van der Waals surface area contributed by atoms with Gasteiger partial charge < -0.3 is 0 Å². The summed E-state index contributed by atoms with van der Waals surface area (Å²) >= 11 is 0. The van der Waals surface area contributed by atoms with Gasteiger partial charge in [0, 0.05) is 6.20 Å². The Morgan fingerprint density at radius 1 is 1.78 bits per heavy atom. The van der Waals surface area contributed by atoms with Crippen LogP contribution in [0.3, 0.4) is 0 Å². The van der Waals surface area contributed by atoms with Crippen LogP contribution in [-0.4, -0.2) is 10.9 Å². The Bertz CT molecular complexity index is 256. The lowest BCUT2D eigenvalue weighted by Gasteiger charge is -1.84. The molecule has 0 aliphatic rings. The quantitative estimate of drug-likeness (QED) is 0.510. The standard InChI is InChI=1S/C6H4N2O/c7-5-8-3-1-2-6(8)4-9/h1-4H. The highest BCUT2D eigenvalue weighted by Gasteiger charge is 1.93. The minimum Gasteiger partial charge on any atom is -0.296 e.